The summed E-state index contributed by atoms with van der Waals surface area (Å²) in [7, 11) is 9.78. The number of hydrogen-bond acceptors (Lipinski definition) is 0. The average Bonchev–Trinajstić information content (AvgIpc) is 2.84. The van der Waals surface area contributed by atoms with E-state index in [0.29, 0.717) is 0 Å². The van der Waals surface area contributed by atoms with Crippen LogP contribution in [0, 0.1) is 6.92 Å². The first kappa shape index (κ1) is 14.7. The van der Waals surface area contributed by atoms with E-state index in [4.69, 9.17) is 18.6 Å². The summed E-state index contributed by atoms with van der Waals surface area (Å²) in [6.07, 6.45) is 0. The van der Waals surface area contributed by atoms with Gasteiger partial charge in [0.15, 0.2) is 0 Å². The molecule has 0 N–H and O–H groups in total. The van der Waals surface area contributed by atoms with E-state index in [2.05, 4.69) is 67.6 Å². The zero-order valence-corrected chi connectivity index (χ0v) is 13.6. The van der Waals surface area contributed by atoms with Crippen molar-refractivity contribution in [2.45, 2.75) is 6.92 Å². The molecule has 3 heteroatoms. The van der Waals surface area contributed by atoms with Crippen LogP contribution in [-0.4, -0.2) is 0 Å². The number of aryl methyl sites for hydroxylation is 1. The van der Waals surface area contributed by atoms with E-state index in [1.54, 1.807) is 0 Å². The SMILES string of the molecule is Cc1ccc(-c2cc3ccccc3[cH-]2)cc1.[Cl][Ti][Cl]. The van der Waals surface area contributed by atoms with Gasteiger partial charge in [0.2, 0.25) is 0 Å². The topological polar surface area (TPSA) is 0 Å². The summed E-state index contributed by atoms with van der Waals surface area (Å²) in [5.74, 6) is 0. The first-order chi connectivity index (χ1) is 9.24. The fourth-order valence-electron chi connectivity index (χ4n) is 2.06. The van der Waals surface area contributed by atoms with Crippen LogP contribution in [-0.2, 0) is 17.0 Å². The first-order valence-corrected chi connectivity index (χ1v) is 10.2. The zero-order chi connectivity index (χ0) is 13.7. The molecule has 0 saturated heterocycles. The molecule has 3 aromatic rings. The van der Waals surface area contributed by atoms with Crippen molar-refractivity contribution in [3.63, 3.8) is 0 Å². The predicted molar refractivity (Wildman–Crippen MR) is 81.4 cm³/mol. The molecule has 0 aromatic heterocycles. The second kappa shape index (κ2) is 7.21. The van der Waals surface area contributed by atoms with Gasteiger partial charge in [-0.1, -0.05) is 53.6 Å². The van der Waals surface area contributed by atoms with Gasteiger partial charge in [-0.15, -0.1) is 34.5 Å². The van der Waals surface area contributed by atoms with Crippen LogP contribution in [0.3, 0.4) is 0 Å². The monoisotopic (exact) mass is 323 g/mol. The van der Waals surface area contributed by atoms with E-state index < -0.39 is 17.0 Å². The van der Waals surface area contributed by atoms with Gasteiger partial charge in [0.05, 0.1) is 0 Å². The Kier molecular flexibility index (Phi) is 5.60. The Balaban J connectivity index is 0.000000408. The Morgan fingerprint density at radius 1 is 0.947 bits per heavy atom. The molecule has 96 valence electrons. The van der Waals surface area contributed by atoms with Crippen molar-refractivity contribution in [3.05, 3.63) is 66.2 Å². The minimum absolute atomic E-state index is 0.556. The molecule has 0 amide bonds. The van der Waals surface area contributed by atoms with Crippen LogP contribution in [0.4, 0.5) is 0 Å². The molecule has 3 aromatic carbocycles. The predicted octanol–water partition coefficient (Wildman–Crippen LogP) is 5.91. The molecule has 0 aliphatic heterocycles. The van der Waals surface area contributed by atoms with Crippen molar-refractivity contribution in [2.24, 2.45) is 0 Å². The summed E-state index contributed by atoms with van der Waals surface area (Å²) < 4.78 is 0. The van der Waals surface area contributed by atoms with Crippen molar-refractivity contribution in [1.82, 2.24) is 0 Å². The molecule has 0 spiro atoms. The second-order valence-corrected chi connectivity index (χ2v) is 6.89. The van der Waals surface area contributed by atoms with Gasteiger partial charge in [0.25, 0.3) is 0 Å². The third-order valence-electron chi connectivity index (χ3n) is 3.00. The van der Waals surface area contributed by atoms with Crippen molar-refractivity contribution >= 4 is 29.4 Å². The van der Waals surface area contributed by atoms with Gasteiger partial charge in [-0.05, 0) is 6.92 Å². The summed E-state index contributed by atoms with van der Waals surface area (Å²) in [5, 5.41) is 2.64. The third kappa shape index (κ3) is 3.90. The Labute approximate surface area is 130 Å². The molecule has 0 fully saturated rings. The Morgan fingerprint density at radius 3 is 2.21 bits per heavy atom. The van der Waals surface area contributed by atoms with E-state index in [9.17, 15) is 0 Å². The molecule has 0 atom stereocenters. The van der Waals surface area contributed by atoms with E-state index in [0.717, 1.165) is 0 Å². The fraction of sp³-hybridized carbons (Fsp3) is 0.0625. The molecule has 0 bridgehead atoms. The van der Waals surface area contributed by atoms with Gasteiger partial charge in [0.1, 0.15) is 0 Å². The summed E-state index contributed by atoms with van der Waals surface area (Å²) in [6, 6.07) is 21.7. The van der Waals surface area contributed by atoms with Crippen molar-refractivity contribution in [1.29, 1.82) is 0 Å². The Morgan fingerprint density at radius 2 is 1.58 bits per heavy atom. The molecule has 0 saturated carbocycles. The summed E-state index contributed by atoms with van der Waals surface area (Å²) in [5.41, 5.74) is 3.91. The number of halogens is 2. The standard InChI is InChI=1S/C16H13.2ClH.Ti/c1-12-6-8-13(9-7-12)16-10-14-4-2-3-5-15(14)11-16;;;/h2-11H,1H3;2*1H;/q-1;;;+2/p-2. The van der Waals surface area contributed by atoms with E-state index in [1.165, 1.54) is 27.5 Å². The Hall–Kier alpha value is -0.656. The summed E-state index contributed by atoms with van der Waals surface area (Å²) in [6.45, 7) is 2.12. The molecule has 0 heterocycles. The minimum atomic E-state index is -0.556. The van der Waals surface area contributed by atoms with Crippen LogP contribution in [0.2, 0.25) is 0 Å². The fourth-order valence-corrected chi connectivity index (χ4v) is 2.06. The number of benzene rings is 2. The summed E-state index contributed by atoms with van der Waals surface area (Å²) >= 11 is -0.556. The maximum atomic E-state index is 4.89. The van der Waals surface area contributed by atoms with E-state index in [1.807, 2.05) is 0 Å². The third-order valence-corrected chi connectivity index (χ3v) is 3.00. The van der Waals surface area contributed by atoms with Gasteiger partial charge in [-0.3, -0.25) is 0 Å². The summed E-state index contributed by atoms with van der Waals surface area (Å²) in [4.78, 5) is 0. The molecule has 0 radical (unpaired) electrons. The molecule has 0 aliphatic carbocycles. The number of hydrogen-bond donors (Lipinski definition) is 0. The zero-order valence-electron chi connectivity index (χ0n) is 10.5. The second-order valence-electron chi connectivity index (χ2n) is 4.31. The van der Waals surface area contributed by atoms with Gasteiger partial charge in [-0.2, -0.15) is 0 Å². The molecular formula is C16H13Cl2Ti-. The number of fused-ring (bicyclic) bond motifs is 1. The van der Waals surface area contributed by atoms with Crippen molar-refractivity contribution in [2.75, 3.05) is 0 Å². The van der Waals surface area contributed by atoms with Gasteiger partial charge < -0.3 is 0 Å². The van der Waals surface area contributed by atoms with E-state index >= 15 is 0 Å². The molecule has 3 rings (SSSR count). The number of rotatable bonds is 1. The quantitative estimate of drug-likeness (QED) is 0.385. The van der Waals surface area contributed by atoms with Crippen molar-refractivity contribution < 1.29 is 17.0 Å². The van der Waals surface area contributed by atoms with Crippen molar-refractivity contribution in [3.8, 4) is 11.1 Å². The molecule has 0 nitrogen and oxygen atoms in total. The molecule has 19 heavy (non-hydrogen) atoms. The van der Waals surface area contributed by atoms with E-state index in [-0.39, 0.29) is 0 Å². The van der Waals surface area contributed by atoms with Crippen LogP contribution in [0.5, 0.6) is 0 Å². The van der Waals surface area contributed by atoms with Crippen LogP contribution >= 0.6 is 18.6 Å². The molecule has 0 aliphatic rings. The normalized spacial score (nSPS) is 9.84. The average molecular weight is 324 g/mol. The van der Waals surface area contributed by atoms with Gasteiger partial charge in [-0.25, -0.2) is 0 Å². The van der Waals surface area contributed by atoms with Crippen LogP contribution in [0.15, 0.2) is 60.7 Å². The maximum absolute atomic E-state index is 4.89. The van der Waals surface area contributed by atoms with Gasteiger partial charge in [0, 0.05) is 0 Å². The first-order valence-electron chi connectivity index (χ1n) is 5.93. The van der Waals surface area contributed by atoms with Crippen LogP contribution in [0.25, 0.3) is 21.9 Å². The Bertz CT molecular complexity index is 608. The molecule has 0 unspecified atom stereocenters. The van der Waals surface area contributed by atoms with Crippen LogP contribution < -0.4 is 0 Å². The van der Waals surface area contributed by atoms with Gasteiger partial charge >= 0.3 is 35.6 Å². The van der Waals surface area contributed by atoms with Crippen LogP contribution in [0.1, 0.15) is 5.56 Å². The molecular weight excluding hydrogens is 311 g/mol.